The van der Waals surface area contributed by atoms with Crippen molar-refractivity contribution in [2.75, 3.05) is 13.1 Å². The van der Waals surface area contributed by atoms with Crippen LogP contribution in [0.2, 0.25) is 0 Å². The fourth-order valence-electron chi connectivity index (χ4n) is 2.90. The van der Waals surface area contributed by atoms with Gasteiger partial charge in [0.15, 0.2) is 0 Å². The molecule has 2 rings (SSSR count). The van der Waals surface area contributed by atoms with E-state index in [4.69, 9.17) is 0 Å². The molecular weight excluding hydrogens is 406 g/mol. The number of hydrogen-bond acceptors (Lipinski definition) is 4. The lowest BCUT2D eigenvalue weighted by atomic mass is 9.93. The highest BCUT2D eigenvalue weighted by Gasteiger charge is 2.22. The van der Waals surface area contributed by atoms with Gasteiger partial charge in [0.2, 0.25) is 11.8 Å². The highest BCUT2D eigenvalue weighted by molar-refractivity contribution is 5.77. The SMILES string of the molecule is CC(C)(CNC(=O)CC(O)c1cccc(F)c1)CNC(=O)CC(O)c1cccc(F)c1. The molecule has 0 bridgehead atoms. The Morgan fingerprint density at radius 2 is 1.23 bits per heavy atom. The van der Waals surface area contributed by atoms with Gasteiger partial charge in [-0.1, -0.05) is 38.1 Å². The molecule has 6 nitrogen and oxygen atoms in total. The van der Waals surface area contributed by atoms with Gasteiger partial charge in [-0.25, -0.2) is 8.78 Å². The zero-order valence-corrected chi connectivity index (χ0v) is 17.6. The van der Waals surface area contributed by atoms with Gasteiger partial charge in [-0.3, -0.25) is 9.59 Å². The molecule has 0 fully saturated rings. The van der Waals surface area contributed by atoms with E-state index >= 15 is 0 Å². The van der Waals surface area contributed by atoms with Crippen LogP contribution in [0, 0.1) is 17.0 Å². The normalized spacial score (nSPS) is 13.4. The molecule has 0 saturated heterocycles. The third-order valence-electron chi connectivity index (χ3n) is 4.75. The molecule has 0 spiro atoms. The van der Waals surface area contributed by atoms with Gasteiger partial charge in [-0.15, -0.1) is 0 Å². The van der Waals surface area contributed by atoms with Crippen molar-refractivity contribution >= 4 is 11.8 Å². The number of aliphatic hydroxyl groups is 2. The Morgan fingerprint density at radius 3 is 1.58 bits per heavy atom. The van der Waals surface area contributed by atoms with Crippen molar-refractivity contribution < 1.29 is 28.6 Å². The molecule has 0 aliphatic rings. The minimum Gasteiger partial charge on any atom is -0.388 e. The van der Waals surface area contributed by atoms with E-state index in [1.807, 2.05) is 13.8 Å². The average molecular weight is 434 g/mol. The maximum absolute atomic E-state index is 13.2. The molecule has 2 atom stereocenters. The number of amides is 2. The van der Waals surface area contributed by atoms with E-state index in [2.05, 4.69) is 10.6 Å². The minimum absolute atomic E-state index is 0.217. The van der Waals surface area contributed by atoms with E-state index < -0.39 is 41.1 Å². The van der Waals surface area contributed by atoms with Crippen molar-refractivity contribution in [1.29, 1.82) is 0 Å². The highest BCUT2D eigenvalue weighted by Crippen LogP contribution is 2.19. The first-order valence-electron chi connectivity index (χ1n) is 9.96. The Morgan fingerprint density at radius 1 is 0.839 bits per heavy atom. The zero-order valence-electron chi connectivity index (χ0n) is 17.6. The second kappa shape index (κ2) is 11.0. The third-order valence-corrected chi connectivity index (χ3v) is 4.75. The lowest BCUT2D eigenvalue weighted by Gasteiger charge is -2.26. The number of hydrogen-bond donors (Lipinski definition) is 4. The quantitative estimate of drug-likeness (QED) is 0.462. The largest absolute Gasteiger partial charge is 0.388 e. The number of rotatable bonds is 10. The highest BCUT2D eigenvalue weighted by atomic mass is 19.1. The van der Waals surface area contributed by atoms with Crippen LogP contribution in [0.4, 0.5) is 8.78 Å². The van der Waals surface area contributed by atoms with Gasteiger partial charge < -0.3 is 20.8 Å². The number of nitrogens with one attached hydrogen (secondary N) is 2. The van der Waals surface area contributed by atoms with E-state index in [1.165, 1.54) is 36.4 Å². The molecule has 0 aliphatic heterocycles. The molecule has 2 amide bonds. The predicted molar refractivity (Wildman–Crippen MR) is 112 cm³/mol. The van der Waals surface area contributed by atoms with Crippen LogP contribution in [0.1, 0.15) is 50.0 Å². The molecule has 4 N–H and O–H groups in total. The Hall–Kier alpha value is -2.84. The predicted octanol–water partition coefficient (Wildman–Crippen LogP) is 2.77. The number of halogens is 2. The lowest BCUT2D eigenvalue weighted by Crippen LogP contribution is -2.42. The average Bonchev–Trinajstić information content (AvgIpc) is 2.71. The van der Waals surface area contributed by atoms with Crippen molar-refractivity contribution in [3.63, 3.8) is 0 Å². The number of carbonyl (C=O) groups is 2. The van der Waals surface area contributed by atoms with Crippen LogP contribution in [0.25, 0.3) is 0 Å². The smallest absolute Gasteiger partial charge is 0.222 e. The van der Waals surface area contributed by atoms with Gasteiger partial charge in [0.1, 0.15) is 11.6 Å². The van der Waals surface area contributed by atoms with E-state index in [0.29, 0.717) is 11.1 Å². The summed E-state index contributed by atoms with van der Waals surface area (Å²) in [5.41, 5.74) is 0.135. The lowest BCUT2D eigenvalue weighted by molar-refractivity contribution is -0.123. The monoisotopic (exact) mass is 434 g/mol. The zero-order chi connectivity index (χ0) is 23.0. The van der Waals surface area contributed by atoms with Crippen molar-refractivity contribution in [2.24, 2.45) is 5.41 Å². The van der Waals surface area contributed by atoms with Crippen LogP contribution in [0.3, 0.4) is 0 Å². The molecule has 31 heavy (non-hydrogen) atoms. The Bertz CT molecular complexity index is 833. The van der Waals surface area contributed by atoms with E-state index in [0.717, 1.165) is 0 Å². The fraction of sp³-hybridized carbons (Fsp3) is 0.391. The van der Waals surface area contributed by atoms with Crippen molar-refractivity contribution in [3.8, 4) is 0 Å². The maximum Gasteiger partial charge on any atom is 0.222 e. The Balaban J connectivity index is 1.75. The Labute approximate surface area is 180 Å². The summed E-state index contributed by atoms with van der Waals surface area (Å²) in [5.74, 6) is -1.79. The minimum atomic E-state index is -1.12. The summed E-state index contributed by atoms with van der Waals surface area (Å²) in [5, 5.41) is 25.6. The standard InChI is InChI=1S/C23H28F2N2O4/c1-23(2,13-26-21(30)11-19(28)15-5-3-7-17(24)9-15)14-27-22(31)12-20(29)16-6-4-8-18(25)10-16/h3-10,19-20,28-29H,11-14H2,1-2H3,(H,26,30)(H,27,31). The molecular formula is C23H28F2N2O4. The summed E-state index contributed by atoms with van der Waals surface area (Å²) in [6, 6.07) is 10.9. The summed E-state index contributed by atoms with van der Waals surface area (Å²) in [6.45, 7) is 4.13. The van der Waals surface area contributed by atoms with Crippen LogP contribution >= 0.6 is 0 Å². The molecule has 2 aromatic rings. The molecule has 0 heterocycles. The third kappa shape index (κ3) is 8.43. The number of benzene rings is 2. The van der Waals surface area contributed by atoms with Crippen molar-refractivity contribution in [1.82, 2.24) is 10.6 Å². The van der Waals surface area contributed by atoms with E-state index in [9.17, 15) is 28.6 Å². The molecule has 2 unspecified atom stereocenters. The van der Waals surface area contributed by atoms with Gasteiger partial charge in [0, 0.05) is 13.1 Å². The van der Waals surface area contributed by atoms with E-state index in [-0.39, 0.29) is 25.9 Å². The first-order chi connectivity index (χ1) is 14.6. The maximum atomic E-state index is 13.2. The first kappa shape index (κ1) is 24.4. The van der Waals surface area contributed by atoms with Gasteiger partial charge >= 0.3 is 0 Å². The van der Waals surface area contributed by atoms with Crippen molar-refractivity contribution in [3.05, 3.63) is 71.3 Å². The van der Waals surface area contributed by atoms with Crippen molar-refractivity contribution in [2.45, 2.75) is 38.9 Å². The fourth-order valence-corrected chi connectivity index (χ4v) is 2.90. The van der Waals surface area contributed by atoms with Gasteiger partial charge in [0.05, 0.1) is 25.0 Å². The summed E-state index contributed by atoms with van der Waals surface area (Å²) < 4.78 is 26.5. The van der Waals surface area contributed by atoms with Crippen LogP contribution in [-0.4, -0.2) is 35.1 Å². The van der Waals surface area contributed by atoms with E-state index in [1.54, 1.807) is 12.1 Å². The molecule has 0 radical (unpaired) electrons. The molecule has 8 heteroatoms. The van der Waals surface area contributed by atoms with Gasteiger partial charge in [-0.05, 0) is 40.8 Å². The second-order valence-electron chi connectivity index (χ2n) is 8.27. The molecule has 168 valence electrons. The molecule has 0 saturated carbocycles. The number of carbonyl (C=O) groups excluding carboxylic acids is 2. The molecule has 0 aromatic heterocycles. The van der Waals surface area contributed by atoms with Gasteiger partial charge in [-0.2, -0.15) is 0 Å². The van der Waals surface area contributed by atoms with Crippen LogP contribution < -0.4 is 10.6 Å². The van der Waals surface area contributed by atoms with Crippen LogP contribution in [0.15, 0.2) is 48.5 Å². The number of aliphatic hydroxyl groups excluding tert-OH is 2. The molecule has 0 aliphatic carbocycles. The summed E-state index contributed by atoms with van der Waals surface area (Å²) >= 11 is 0. The summed E-state index contributed by atoms with van der Waals surface area (Å²) in [4.78, 5) is 24.2. The Kier molecular flexibility index (Phi) is 8.65. The molecule has 2 aromatic carbocycles. The van der Waals surface area contributed by atoms with Gasteiger partial charge in [0.25, 0.3) is 0 Å². The van der Waals surface area contributed by atoms with Crippen LogP contribution in [-0.2, 0) is 9.59 Å². The topological polar surface area (TPSA) is 98.7 Å². The second-order valence-corrected chi connectivity index (χ2v) is 8.27. The summed E-state index contributed by atoms with van der Waals surface area (Å²) in [7, 11) is 0. The summed E-state index contributed by atoms with van der Waals surface area (Å²) in [6.07, 6.45) is -2.68. The first-order valence-corrected chi connectivity index (χ1v) is 9.96. The van der Waals surface area contributed by atoms with Crippen LogP contribution in [0.5, 0.6) is 0 Å².